The van der Waals surface area contributed by atoms with Gasteiger partial charge in [0.15, 0.2) is 4.34 Å². The number of fused-ring (bicyclic) bond motifs is 1. The summed E-state index contributed by atoms with van der Waals surface area (Å²) >= 11 is 3.27. The number of ether oxygens (including phenoxy) is 1. The third-order valence-electron chi connectivity index (χ3n) is 1.84. The third-order valence-corrected chi connectivity index (χ3v) is 3.79. The van der Waals surface area contributed by atoms with Gasteiger partial charge >= 0.3 is 0 Å². The first-order chi connectivity index (χ1) is 7.40. The third kappa shape index (κ3) is 2.92. The summed E-state index contributed by atoms with van der Waals surface area (Å²) in [5, 5.41) is 0. The second kappa shape index (κ2) is 5.46. The summed E-state index contributed by atoms with van der Waals surface area (Å²) < 4.78 is 10.4. The van der Waals surface area contributed by atoms with Crippen LogP contribution >= 0.6 is 23.3 Å². The van der Waals surface area contributed by atoms with E-state index in [1.165, 1.54) is 4.70 Å². The van der Waals surface area contributed by atoms with Crippen molar-refractivity contribution in [1.82, 2.24) is 9.71 Å². The molecule has 0 saturated heterocycles. The topological polar surface area (TPSA) is 34.1 Å². The lowest BCUT2D eigenvalue weighted by Gasteiger charge is -1.98. The first-order valence-corrected chi connectivity index (χ1v) is 6.27. The van der Waals surface area contributed by atoms with E-state index in [1.807, 2.05) is 18.2 Å². The minimum atomic E-state index is 0.720. The molecular formula is C10H12N2OS2. The molecule has 0 unspecified atom stereocenters. The number of nitrogens with one attached hydrogen (secondary N) is 1. The van der Waals surface area contributed by atoms with Gasteiger partial charge in [0.2, 0.25) is 0 Å². The number of hydrogen-bond acceptors (Lipinski definition) is 5. The molecule has 3 nitrogen and oxygen atoms in total. The van der Waals surface area contributed by atoms with Gasteiger partial charge in [0.25, 0.3) is 0 Å². The fourth-order valence-corrected chi connectivity index (χ4v) is 2.91. The zero-order valence-electron chi connectivity index (χ0n) is 8.40. The first kappa shape index (κ1) is 10.9. The van der Waals surface area contributed by atoms with E-state index in [0.717, 1.165) is 23.0 Å². The summed E-state index contributed by atoms with van der Waals surface area (Å²) in [4.78, 5) is 4.49. The number of methoxy groups -OCH3 is 1. The molecule has 0 aliphatic heterocycles. The molecule has 0 saturated carbocycles. The maximum absolute atomic E-state index is 4.95. The van der Waals surface area contributed by atoms with Gasteiger partial charge in [0.05, 0.1) is 16.8 Å². The highest BCUT2D eigenvalue weighted by atomic mass is 32.2. The van der Waals surface area contributed by atoms with E-state index >= 15 is 0 Å². The quantitative estimate of drug-likeness (QED) is 0.643. The number of benzene rings is 1. The molecule has 2 rings (SSSR count). The van der Waals surface area contributed by atoms with E-state index in [4.69, 9.17) is 4.74 Å². The molecule has 80 valence electrons. The Morgan fingerprint density at radius 3 is 3.13 bits per heavy atom. The Bertz CT molecular complexity index is 397. The average molecular weight is 240 g/mol. The smallest absolute Gasteiger partial charge is 0.166 e. The van der Waals surface area contributed by atoms with Crippen LogP contribution in [0.25, 0.3) is 10.2 Å². The van der Waals surface area contributed by atoms with Crippen molar-refractivity contribution in [2.45, 2.75) is 4.34 Å². The van der Waals surface area contributed by atoms with Gasteiger partial charge in [-0.25, -0.2) is 4.98 Å². The molecule has 15 heavy (non-hydrogen) atoms. The van der Waals surface area contributed by atoms with Crippen LogP contribution in [0, 0.1) is 0 Å². The van der Waals surface area contributed by atoms with Crippen LogP contribution in [0.15, 0.2) is 28.6 Å². The van der Waals surface area contributed by atoms with Crippen molar-refractivity contribution in [2.75, 3.05) is 20.3 Å². The van der Waals surface area contributed by atoms with Gasteiger partial charge in [0.1, 0.15) is 0 Å². The molecule has 2 aromatic rings. The van der Waals surface area contributed by atoms with Crippen molar-refractivity contribution in [3.8, 4) is 0 Å². The SMILES string of the molecule is COCCNSc1nc2ccccc2s1. The number of rotatable bonds is 5. The van der Waals surface area contributed by atoms with Crippen molar-refractivity contribution >= 4 is 33.5 Å². The highest BCUT2D eigenvalue weighted by molar-refractivity contribution is 7.99. The summed E-state index contributed by atoms with van der Waals surface area (Å²) in [6, 6.07) is 8.17. The van der Waals surface area contributed by atoms with Gasteiger partial charge in [-0.1, -0.05) is 12.1 Å². The molecule has 0 aliphatic carbocycles. The van der Waals surface area contributed by atoms with Gasteiger partial charge in [-0.15, -0.1) is 11.3 Å². The van der Waals surface area contributed by atoms with Gasteiger partial charge in [-0.05, 0) is 24.1 Å². The van der Waals surface area contributed by atoms with Crippen LogP contribution in [0.4, 0.5) is 0 Å². The summed E-state index contributed by atoms with van der Waals surface area (Å²) in [7, 11) is 1.70. The number of nitrogens with zero attached hydrogens (tertiary/aromatic N) is 1. The molecule has 0 radical (unpaired) electrons. The minimum Gasteiger partial charge on any atom is -0.383 e. The van der Waals surface area contributed by atoms with E-state index < -0.39 is 0 Å². The summed E-state index contributed by atoms with van der Waals surface area (Å²) in [5.41, 5.74) is 1.07. The van der Waals surface area contributed by atoms with E-state index in [-0.39, 0.29) is 0 Å². The Kier molecular flexibility index (Phi) is 3.96. The van der Waals surface area contributed by atoms with E-state index in [1.54, 1.807) is 30.4 Å². The molecule has 1 N–H and O–H groups in total. The average Bonchev–Trinajstić information content (AvgIpc) is 2.67. The van der Waals surface area contributed by atoms with E-state index in [2.05, 4.69) is 15.8 Å². The van der Waals surface area contributed by atoms with Crippen LogP contribution in [0.3, 0.4) is 0 Å². The summed E-state index contributed by atoms with van der Waals surface area (Å²) in [6.45, 7) is 1.55. The predicted octanol–water partition coefficient (Wildman–Crippen LogP) is 2.54. The zero-order valence-corrected chi connectivity index (χ0v) is 10.0. The van der Waals surface area contributed by atoms with Crippen LogP contribution in [0.5, 0.6) is 0 Å². The molecule has 1 heterocycles. The van der Waals surface area contributed by atoms with Crippen molar-refractivity contribution < 1.29 is 4.74 Å². The molecule has 0 fully saturated rings. The lowest BCUT2D eigenvalue weighted by Crippen LogP contribution is -2.10. The minimum absolute atomic E-state index is 0.720. The van der Waals surface area contributed by atoms with Crippen LogP contribution in [-0.2, 0) is 4.74 Å². The Morgan fingerprint density at radius 1 is 1.47 bits per heavy atom. The Hall–Kier alpha value is -0.620. The molecule has 0 atom stereocenters. The second-order valence-corrected chi connectivity index (χ2v) is 5.11. The van der Waals surface area contributed by atoms with Crippen LogP contribution in [-0.4, -0.2) is 25.2 Å². The van der Waals surface area contributed by atoms with E-state index in [9.17, 15) is 0 Å². The molecular weight excluding hydrogens is 228 g/mol. The Morgan fingerprint density at radius 2 is 2.33 bits per heavy atom. The fraction of sp³-hybridized carbons (Fsp3) is 0.300. The molecule has 1 aromatic heterocycles. The zero-order chi connectivity index (χ0) is 10.5. The van der Waals surface area contributed by atoms with Crippen molar-refractivity contribution in [3.63, 3.8) is 0 Å². The van der Waals surface area contributed by atoms with E-state index in [0.29, 0.717) is 0 Å². The second-order valence-electron chi connectivity index (χ2n) is 2.94. The number of thiazole rings is 1. The number of aromatic nitrogens is 1. The van der Waals surface area contributed by atoms with Crippen LogP contribution in [0.1, 0.15) is 0 Å². The number of hydrogen-bond donors (Lipinski definition) is 1. The highest BCUT2D eigenvalue weighted by Gasteiger charge is 2.02. The summed E-state index contributed by atoms with van der Waals surface area (Å²) in [6.07, 6.45) is 0. The molecule has 0 amide bonds. The van der Waals surface area contributed by atoms with Gasteiger partial charge in [-0.3, -0.25) is 4.72 Å². The molecule has 0 bridgehead atoms. The van der Waals surface area contributed by atoms with Gasteiger partial charge in [-0.2, -0.15) is 0 Å². The Balaban J connectivity index is 1.97. The lowest BCUT2D eigenvalue weighted by molar-refractivity contribution is 0.205. The molecule has 0 aliphatic rings. The summed E-state index contributed by atoms with van der Waals surface area (Å²) in [5.74, 6) is 0. The van der Waals surface area contributed by atoms with Crippen LogP contribution in [0.2, 0.25) is 0 Å². The maximum Gasteiger partial charge on any atom is 0.166 e. The van der Waals surface area contributed by atoms with Gasteiger partial charge in [0, 0.05) is 13.7 Å². The normalized spacial score (nSPS) is 11.0. The highest BCUT2D eigenvalue weighted by Crippen LogP contribution is 2.27. The molecule has 0 spiro atoms. The monoisotopic (exact) mass is 240 g/mol. The first-order valence-electron chi connectivity index (χ1n) is 4.64. The van der Waals surface area contributed by atoms with Gasteiger partial charge < -0.3 is 4.74 Å². The molecule has 1 aromatic carbocycles. The fourth-order valence-electron chi connectivity index (χ4n) is 1.15. The van der Waals surface area contributed by atoms with Crippen LogP contribution < -0.4 is 4.72 Å². The Labute approximate surface area is 97.0 Å². The lowest BCUT2D eigenvalue weighted by atomic mass is 10.3. The van der Waals surface area contributed by atoms with Crippen molar-refractivity contribution in [3.05, 3.63) is 24.3 Å². The van der Waals surface area contributed by atoms with Crippen molar-refractivity contribution in [2.24, 2.45) is 0 Å². The largest absolute Gasteiger partial charge is 0.383 e. The van der Waals surface area contributed by atoms with Crippen molar-refractivity contribution in [1.29, 1.82) is 0 Å². The standard InChI is InChI=1S/C10H12N2OS2/c1-13-7-6-11-15-10-12-8-4-2-3-5-9(8)14-10/h2-5,11H,6-7H2,1H3. The number of para-hydroxylation sites is 1. The molecule has 5 heteroatoms. The predicted molar refractivity (Wildman–Crippen MR) is 65.4 cm³/mol. The maximum atomic E-state index is 4.95.